The zero-order valence-corrected chi connectivity index (χ0v) is 15.8. The molecule has 2 N–H and O–H groups in total. The number of nitrogens with one attached hydrogen (secondary N) is 2. The van der Waals surface area contributed by atoms with E-state index in [2.05, 4.69) is 15.6 Å². The van der Waals surface area contributed by atoms with Gasteiger partial charge >= 0.3 is 0 Å². The number of rotatable bonds is 5. The lowest BCUT2D eigenvalue weighted by molar-refractivity contribution is -0.123. The van der Waals surface area contributed by atoms with Crippen molar-refractivity contribution in [3.8, 4) is 0 Å². The molecule has 0 aliphatic rings. The molecule has 0 fully saturated rings. The van der Waals surface area contributed by atoms with Crippen LogP contribution in [-0.4, -0.2) is 26.9 Å². The lowest BCUT2D eigenvalue weighted by Crippen LogP contribution is -2.42. The minimum Gasteiger partial charge on any atom is -0.350 e. The van der Waals surface area contributed by atoms with Crippen molar-refractivity contribution >= 4 is 22.8 Å². The van der Waals surface area contributed by atoms with E-state index in [0.29, 0.717) is 11.4 Å². The minimum atomic E-state index is -0.310. The first kappa shape index (κ1) is 18.6. The zero-order chi connectivity index (χ0) is 19.4. The number of hydrogen-bond acceptors (Lipinski definition) is 3. The molecule has 6 nitrogen and oxygen atoms in total. The minimum absolute atomic E-state index is 0.0960. The third kappa shape index (κ3) is 4.73. The quantitative estimate of drug-likeness (QED) is 0.731. The largest absolute Gasteiger partial charge is 0.350 e. The first-order chi connectivity index (χ1) is 12.8. The maximum Gasteiger partial charge on any atom is 0.251 e. The van der Waals surface area contributed by atoms with Gasteiger partial charge in [0.1, 0.15) is 12.4 Å². The topological polar surface area (TPSA) is 76.0 Å². The fraction of sp³-hybridized carbons (Fsp3) is 0.286. The molecule has 27 heavy (non-hydrogen) atoms. The van der Waals surface area contributed by atoms with E-state index in [9.17, 15) is 9.59 Å². The van der Waals surface area contributed by atoms with E-state index in [0.717, 1.165) is 11.0 Å². The third-order valence-electron chi connectivity index (χ3n) is 3.99. The number of hydrogen-bond donors (Lipinski definition) is 2. The van der Waals surface area contributed by atoms with Crippen molar-refractivity contribution in [3.05, 3.63) is 66.0 Å². The van der Waals surface area contributed by atoms with Gasteiger partial charge in [-0.15, -0.1) is 0 Å². The second kappa shape index (κ2) is 7.61. The summed E-state index contributed by atoms with van der Waals surface area (Å²) in [6.07, 6.45) is 0. The van der Waals surface area contributed by atoms with Gasteiger partial charge in [-0.25, -0.2) is 4.98 Å². The summed E-state index contributed by atoms with van der Waals surface area (Å²) in [5.41, 5.74) is 1.94. The van der Waals surface area contributed by atoms with Crippen LogP contribution < -0.4 is 10.6 Å². The van der Waals surface area contributed by atoms with E-state index >= 15 is 0 Å². The first-order valence-electron chi connectivity index (χ1n) is 8.92. The van der Waals surface area contributed by atoms with Gasteiger partial charge in [0.25, 0.3) is 5.91 Å². The first-order valence-corrected chi connectivity index (χ1v) is 8.92. The molecule has 0 atom stereocenters. The second-order valence-corrected chi connectivity index (χ2v) is 7.45. The van der Waals surface area contributed by atoms with Crippen LogP contribution in [-0.2, 0) is 17.9 Å². The van der Waals surface area contributed by atoms with Gasteiger partial charge in [-0.1, -0.05) is 30.3 Å². The van der Waals surface area contributed by atoms with Gasteiger partial charge in [0.05, 0.1) is 17.6 Å². The predicted octanol–water partition coefficient (Wildman–Crippen LogP) is 2.88. The van der Waals surface area contributed by atoms with E-state index in [1.165, 1.54) is 0 Å². The van der Waals surface area contributed by atoms with E-state index < -0.39 is 0 Å². The summed E-state index contributed by atoms with van der Waals surface area (Å²) in [6.45, 7) is 6.22. The molecule has 0 aliphatic carbocycles. The highest BCUT2D eigenvalue weighted by Crippen LogP contribution is 2.16. The number of imidazole rings is 1. The van der Waals surface area contributed by atoms with E-state index in [-0.39, 0.29) is 30.4 Å². The van der Waals surface area contributed by atoms with Crippen LogP contribution in [0.5, 0.6) is 0 Å². The number of benzene rings is 2. The Hall–Kier alpha value is -3.15. The Bertz CT molecular complexity index is 955. The lowest BCUT2D eigenvalue weighted by atomic mass is 10.1. The summed E-state index contributed by atoms with van der Waals surface area (Å²) in [5, 5.41) is 5.85. The van der Waals surface area contributed by atoms with Crippen LogP contribution in [0.1, 0.15) is 37.0 Å². The van der Waals surface area contributed by atoms with Gasteiger partial charge in [-0.3, -0.25) is 9.59 Å². The molecular formula is C21H24N4O2. The SMILES string of the molecule is CC(C)(C)NC(=O)Cn1c(CNC(=O)c2ccccc2)nc2ccccc21. The Labute approximate surface area is 158 Å². The third-order valence-corrected chi connectivity index (χ3v) is 3.99. The van der Waals surface area contributed by atoms with E-state index in [1.54, 1.807) is 12.1 Å². The molecule has 0 aliphatic heterocycles. The van der Waals surface area contributed by atoms with Crippen LogP contribution in [0, 0.1) is 0 Å². The number of carbonyl (C=O) groups excluding carboxylic acids is 2. The van der Waals surface area contributed by atoms with Gasteiger partial charge in [-0.2, -0.15) is 0 Å². The van der Waals surface area contributed by atoms with Gasteiger partial charge in [0.2, 0.25) is 5.91 Å². The van der Waals surface area contributed by atoms with Crippen molar-refractivity contribution in [2.45, 2.75) is 39.4 Å². The summed E-state index contributed by atoms with van der Waals surface area (Å²) < 4.78 is 1.85. The van der Waals surface area contributed by atoms with Crippen LogP contribution in [0.4, 0.5) is 0 Å². The standard InChI is InChI=1S/C21H24N4O2/c1-21(2,3)24-19(26)14-25-17-12-8-7-11-16(17)23-18(25)13-22-20(27)15-9-5-4-6-10-15/h4-12H,13-14H2,1-3H3,(H,22,27)(H,24,26). The maximum atomic E-state index is 12.4. The van der Waals surface area contributed by atoms with Crippen LogP contribution in [0.3, 0.4) is 0 Å². The van der Waals surface area contributed by atoms with Crippen molar-refractivity contribution < 1.29 is 9.59 Å². The smallest absolute Gasteiger partial charge is 0.251 e. The summed E-state index contributed by atoms with van der Waals surface area (Å²) in [5.74, 6) is 0.374. The molecule has 1 heterocycles. The number of carbonyl (C=O) groups is 2. The van der Waals surface area contributed by atoms with Crippen LogP contribution >= 0.6 is 0 Å². The highest BCUT2D eigenvalue weighted by Gasteiger charge is 2.18. The molecule has 1 aromatic heterocycles. The van der Waals surface area contributed by atoms with E-state index in [4.69, 9.17) is 0 Å². The number of fused-ring (bicyclic) bond motifs is 1. The molecule has 3 rings (SSSR count). The predicted molar refractivity (Wildman–Crippen MR) is 105 cm³/mol. The number of amides is 2. The molecule has 2 aromatic carbocycles. The highest BCUT2D eigenvalue weighted by atomic mass is 16.2. The number of nitrogens with zero attached hydrogens (tertiary/aromatic N) is 2. The van der Waals surface area contributed by atoms with Gasteiger partial charge < -0.3 is 15.2 Å². The molecule has 0 unspecified atom stereocenters. The molecule has 6 heteroatoms. The Morgan fingerprint density at radius 1 is 1.00 bits per heavy atom. The molecule has 0 spiro atoms. The van der Waals surface area contributed by atoms with Crippen molar-refractivity contribution in [1.29, 1.82) is 0 Å². The molecular weight excluding hydrogens is 340 g/mol. The number of para-hydroxylation sites is 2. The molecule has 0 bridgehead atoms. The fourth-order valence-corrected chi connectivity index (χ4v) is 2.89. The molecule has 3 aromatic rings. The normalized spacial score (nSPS) is 11.4. The lowest BCUT2D eigenvalue weighted by Gasteiger charge is -2.21. The van der Waals surface area contributed by atoms with Crippen LogP contribution in [0.25, 0.3) is 11.0 Å². The monoisotopic (exact) mass is 364 g/mol. The molecule has 0 saturated heterocycles. The highest BCUT2D eigenvalue weighted by molar-refractivity contribution is 5.94. The average molecular weight is 364 g/mol. The van der Waals surface area contributed by atoms with Crippen molar-refractivity contribution in [2.75, 3.05) is 0 Å². The van der Waals surface area contributed by atoms with Gasteiger partial charge in [-0.05, 0) is 45.0 Å². The van der Waals surface area contributed by atoms with E-state index in [1.807, 2.05) is 67.8 Å². The molecule has 0 radical (unpaired) electrons. The Kier molecular flexibility index (Phi) is 5.26. The molecule has 2 amide bonds. The summed E-state index contributed by atoms with van der Waals surface area (Å²) in [7, 11) is 0. The second-order valence-electron chi connectivity index (χ2n) is 7.45. The van der Waals surface area contributed by atoms with Crippen molar-refractivity contribution in [1.82, 2.24) is 20.2 Å². The van der Waals surface area contributed by atoms with Gasteiger partial charge in [0, 0.05) is 11.1 Å². The number of aromatic nitrogens is 2. The maximum absolute atomic E-state index is 12.4. The summed E-state index contributed by atoms with van der Waals surface area (Å²) >= 11 is 0. The fourth-order valence-electron chi connectivity index (χ4n) is 2.89. The summed E-state index contributed by atoms with van der Waals surface area (Å²) in [4.78, 5) is 29.4. The summed E-state index contributed by atoms with van der Waals surface area (Å²) in [6, 6.07) is 16.7. The van der Waals surface area contributed by atoms with Crippen molar-refractivity contribution in [3.63, 3.8) is 0 Å². The zero-order valence-electron chi connectivity index (χ0n) is 15.8. The Balaban J connectivity index is 1.82. The van der Waals surface area contributed by atoms with Gasteiger partial charge in [0.15, 0.2) is 0 Å². The van der Waals surface area contributed by atoms with Crippen LogP contribution in [0.2, 0.25) is 0 Å². The van der Waals surface area contributed by atoms with Crippen molar-refractivity contribution in [2.24, 2.45) is 0 Å². The Morgan fingerprint density at radius 2 is 1.67 bits per heavy atom. The molecule has 140 valence electrons. The average Bonchev–Trinajstić information content (AvgIpc) is 2.96. The molecule has 0 saturated carbocycles. The van der Waals surface area contributed by atoms with Crippen LogP contribution in [0.15, 0.2) is 54.6 Å². The Morgan fingerprint density at radius 3 is 2.37 bits per heavy atom.